The standard InChI is InChI=1S/C17H25N3O4/c1-17(8-2-3-9-17)13-10-14(20-24-13)19-16(23)18-12-6-4-11(5-7-12)15(21)22/h10-12H,2-9H2,1H3,(H,21,22)(H2,18,19,20,23). The molecule has 2 fully saturated rings. The van der Waals surface area contributed by atoms with E-state index < -0.39 is 5.97 Å². The van der Waals surface area contributed by atoms with Crippen molar-refractivity contribution in [2.24, 2.45) is 5.92 Å². The number of aromatic nitrogens is 1. The summed E-state index contributed by atoms with van der Waals surface area (Å²) in [5.74, 6) is 0.233. The molecule has 0 spiro atoms. The minimum Gasteiger partial charge on any atom is -0.481 e. The Balaban J connectivity index is 1.49. The van der Waals surface area contributed by atoms with Gasteiger partial charge in [0.2, 0.25) is 0 Å². The summed E-state index contributed by atoms with van der Waals surface area (Å²) in [5.41, 5.74) is 0.0264. The molecule has 1 heterocycles. The smallest absolute Gasteiger partial charge is 0.320 e. The largest absolute Gasteiger partial charge is 0.481 e. The van der Waals surface area contributed by atoms with E-state index in [0.29, 0.717) is 31.5 Å². The summed E-state index contributed by atoms with van der Waals surface area (Å²) in [5, 5.41) is 18.5. The molecule has 24 heavy (non-hydrogen) atoms. The minimum absolute atomic E-state index is 0.0133. The van der Waals surface area contributed by atoms with Gasteiger partial charge in [0, 0.05) is 17.5 Å². The molecule has 0 saturated heterocycles. The first-order valence-corrected chi connectivity index (χ1v) is 8.74. The van der Waals surface area contributed by atoms with Crippen molar-refractivity contribution in [2.75, 3.05) is 5.32 Å². The summed E-state index contributed by atoms with van der Waals surface area (Å²) in [6.45, 7) is 2.17. The Labute approximate surface area is 141 Å². The molecule has 7 nitrogen and oxygen atoms in total. The second-order valence-corrected chi connectivity index (χ2v) is 7.33. The summed E-state index contributed by atoms with van der Waals surface area (Å²) >= 11 is 0. The Kier molecular flexibility index (Phi) is 4.78. The minimum atomic E-state index is -0.742. The van der Waals surface area contributed by atoms with Crippen LogP contribution in [0, 0.1) is 5.92 Å². The molecule has 2 saturated carbocycles. The van der Waals surface area contributed by atoms with Crippen LogP contribution in [0.2, 0.25) is 0 Å². The molecule has 3 N–H and O–H groups in total. The third-order valence-corrected chi connectivity index (χ3v) is 5.47. The van der Waals surface area contributed by atoms with Crippen LogP contribution < -0.4 is 10.6 Å². The van der Waals surface area contributed by atoms with Crippen LogP contribution in [0.25, 0.3) is 0 Å². The number of urea groups is 1. The SMILES string of the molecule is CC1(c2cc(NC(=O)NC3CCC(C(=O)O)CC3)no2)CCCC1. The van der Waals surface area contributed by atoms with Crippen molar-refractivity contribution in [2.45, 2.75) is 69.7 Å². The average Bonchev–Trinajstić information content (AvgIpc) is 3.18. The van der Waals surface area contributed by atoms with E-state index in [9.17, 15) is 9.59 Å². The van der Waals surface area contributed by atoms with E-state index in [-0.39, 0.29) is 23.4 Å². The van der Waals surface area contributed by atoms with Gasteiger partial charge in [0.1, 0.15) is 5.76 Å². The fourth-order valence-corrected chi connectivity index (χ4v) is 3.84. The van der Waals surface area contributed by atoms with Crippen LogP contribution in [0.5, 0.6) is 0 Å². The van der Waals surface area contributed by atoms with Crippen LogP contribution in [0.3, 0.4) is 0 Å². The molecular formula is C17H25N3O4. The van der Waals surface area contributed by atoms with Crippen molar-refractivity contribution < 1.29 is 19.2 Å². The maximum absolute atomic E-state index is 12.1. The Bertz CT molecular complexity index is 599. The summed E-state index contributed by atoms with van der Waals surface area (Å²) in [6, 6.07) is 1.51. The number of carbonyl (C=O) groups excluding carboxylic acids is 1. The highest BCUT2D eigenvalue weighted by atomic mass is 16.5. The number of amides is 2. The predicted molar refractivity (Wildman–Crippen MR) is 87.9 cm³/mol. The zero-order valence-electron chi connectivity index (χ0n) is 14.0. The van der Waals surface area contributed by atoms with E-state index in [0.717, 1.165) is 18.6 Å². The van der Waals surface area contributed by atoms with Gasteiger partial charge in [-0.3, -0.25) is 10.1 Å². The normalized spacial score (nSPS) is 26.0. The molecular weight excluding hydrogens is 310 g/mol. The van der Waals surface area contributed by atoms with Gasteiger partial charge in [-0.2, -0.15) is 0 Å². The number of rotatable bonds is 4. The summed E-state index contributed by atoms with van der Waals surface area (Å²) in [6.07, 6.45) is 7.14. The molecule has 7 heteroatoms. The van der Waals surface area contributed by atoms with E-state index in [2.05, 4.69) is 22.7 Å². The lowest BCUT2D eigenvalue weighted by molar-refractivity contribution is -0.142. The highest BCUT2D eigenvalue weighted by Gasteiger charge is 2.34. The number of nitrogens with one attached hydrogen (secondary N) is 2. The molecule has 0 unspecified atom stereocenters. The molecule has 132 valence electrons. The fraction of sp³-hybridized carbons (Fsp3) is 0.706. The Hall–Kier alpha value is -2.05. The first-order chi connectivity index (χ1) is 11.5. The number of aliphatic carboxylic acids is 1. The van der Waals surface area contributed by atoms with Crippen molar-refractivity contribution in [1.29, 1.82) is 0 Å². The van der Waals surface area contributed by atoms with Gasteiger partial charge in [-0.15, -0.1) is 0 Å². The monoisotopic (exact) mass is 335 g/mol. The topological polar surface area (TPSA) is 104 Å². The Morgan fingerprint density at radius 3 is 2.54 bits per heavy atom. The number of anilines is 1. The number of carboxylic acid groups (broad SMARTS) is 1. The third-order valence-electron chi connectivity index (χ3n) is 5.47. The van der Waals surface area contributed by atoms with Gasteiger partial charge in [-0.05, 0) is 38.5 Å². The van der Waals surface area contributed by atoms with E-state index in [1.54, 1.807) is 0 Å². The highest BCUT2D eigenvalue weighted by molar-refractivity contribution is 5.88. The maximum atomic E-state index is 12.1. The second kappa shape index (κ2) is 6.83. The number of nitrogens with zero attached hydrogens (tertiary/aromatic N) is 1. The van der Waals surface area contributed by atoms with Crippen molar-refractivity contribution in [1.82, 2.24) is 10.5 Å². The van der Waals surface area contributed by atoms with Crippen LogP contribution in [-0.2, 0) is 10.2 Å². The summed E-state index contributed by atoms with van der Waals surface area (Å²) < 4.78 is 5.43. The highest BCUT2D eigenvalue weighted by Crippen LogP contribution is 2.41. The van der Waals surface area contributed by atoms with Gasteiger partial charge in [0.05, 0.1) is 5.92 Å². The zero-order valence-corrected chi connectivity index (χ0v) is 14.0. The lowest BCUT2D eigenvalue weighted by Gasteiger charge is -2.26. The van der Waals surface area contributed by atoms with Crippen LogP contribution in [0.1, 0.15) is 64.1 Å². The van der Waals surface area contributed by atoms with E-state index in [4.69, 9.17) is 9.63 Å². The van der Waals surface area contributed by atoms with Gasteiger partial charge < -0.3 is 14.9 Å². The van der Waals surface area contributed by atoms with Crippen molar-refractivity contribution in [3.05, 3.63) is 11.8 Å². The van der Waals surface area contributed by atoms with Crippen molar-refractivity contribution in [3.8, 4) is 0 Å². The van der Waals surface area contributed by atoms with Crippen LogP contribution in [0.15, 0.2) is 10.6 Å². The fourth-order valence-electron chi connectivity index (χ4n) is 3.84. The molecule has 3 rings (SSSR count). The molecule has 0 atom stereocenters. The van der Waals surface area contributed by atoms with Gasteiger partial charge in [0.25, 0.3) is 0 Å². The Morgan fingerprint density at radius 2 is 1.92 bits per heavy atom. The van der Waals surface area contributed by atoms with Crippen molar-refractivity contribution >= 4 is 17.8 Å². The first-order valence-electron chi connectivity index (χ1n) is 8.74. The molecule has 2 aliphatic carbocycles. The number of carbonyl (C=O) groups is 2. The lowest BCUT2D eigenvalue weighted by Crippen LogP contribution is -2.41. The van der Waals surface area contributed by atoms with Gasteiger partial charge in [0.15, 0.2) is 5.82 Å². The molecule has 0 bridgehead atoms. The molecule has 1 aromatic heterocycles. The van der Waals surface area contributed by atoms with E-state index >= 15 is 0 Å². The van der Waals surface area contributed by atoms with Gasteiger partial charge in [-0.1, -0.05) is 24.9 Å². The quantitative estimate of drug-likeness (QED) is 0.783. The first kappa shape index (κ1) is 16.8. The molecule has 2 aliphatic rings. The molecule has 0 aliphatic heterocycles. The molecule has 1 aromatic rings. The number of carboxylic acids is 1. The molecule has 0 radical (unpaired) electrons. The predicted octanol–water partition coefficient (Wildman–Crippen LogP) is 3.27. The van der Waals surface area contributed by atoms with E-state index in [1.807, 2.05) is 6.07 Å². The summed E-state index contributed by atoms with van der Waals surface area (Å²) in [7, 11) is 0. The number of hydrogen-bond acceptors (Lipinski definition) is 4. The maximum Gasteiger partial charge on any atom is 0.320 e. The van der Waals surface area contributed by atoms with Crippen LogP contribution in [-0.4, -0.2) is 28.3 Å². The second-order valence-electron chi connectivity index (χ2n) is 7.33. The van der Waals surface area contributed by atoms with Crippen molar-refractivity contribution in [3.63, 3.8) is 0 Å². The zero-order chi connectivity index (χ0) is 17.2. The van der Waals surface area contributed by atoms with Crippen LogP contribution >= 0.6 is 0 Å². The van der Waals surface area contributed by atoms with Gasteiger partial charge in [-0.25, -0.2) is 4.79 Å². The molecule has 2 amide bonds. The summed E-state index contributed by atoms with van der Waals surface area (Å²) in [4.78, 5) is 23.0. The van der Waals surface area contributed by atoms with Gasteiger partial charge >= 0.3 is 12.0 Å². The third kappa shape index (κ3) is 3.71. The van der Waals surface area contributed by atoms with Crippen LogP contribution in [0.4, 0.5) is 10.6 Å². The Morgan fingerprint density at radius 1 is 1.25 bits per heavy atom. The lowest BCUT2D eigenvalue weighted by atomic mass is 9.86. The number of hydrogen-bond donors (Lipinski definition) is 3. The van der Waals surface area contributed by atoms with E-state index in [1.165, 1.54) is 12.8 Å². The molecule has 0 aromatic carbocycles. The average molecular weight is 335 g/mol.